The number of amides is 1. The summed E-state index contributed by atoms with van der Waals surface area (Å²) >= 11 is 3.37. The largest absolute Gasteiger partial charge is 0.379 e. The summed E-state index contributed by atoms with van der Waals surface area (Å²) in [7, 11) is 0. The number of benzene rings is 1. The Kier molecular flexibility index (Phi) is 7.15. The number of halogens is 1. The van der Waals surface area contributed by atoms with Crippen LogP contribution in [-0.4, -0.2) is 56.7 Å². The molecule has 0 aromatic heterocycles. The van der Waals surface area contributed by atoms with Gasteiger partial charge in [0.05, 0.1) is 19.8 Å². The molecular formula is C15H22BrN3O2. The van der Waals surface area contributed by atoms with E-state index in [-0.39, 0.29) is 5.91 Å². The van der Waals surface area contributed by atoms with E-state index in [1.54, 1.807) is 0 Å². The predicted molar refractivity (Wildman–Crippen MR) is 87.5 cm³/mol. The maximum absolute atomic E-state index is 11.7. The number of rotatable bonds is 7. The minimum Gasteiger partial charge on any atom is -0.379 e. The predicted octanol–water partition coefficient (Wildman–Crippen LogP) is 1.70. The van der Waals surface area contributed by atoms with E-state index < -0.39 is 0 Å². The molecule has 1 aliphatic rings. The Bertz CT molecular complexity index is 433. The highest BCUT2D eigenvalue weighted by atomic mass is 79.9. The molecular weight excluding hydrogens is 334 g/mol. The van der Waals surface area contributed by atoms with Crippen LogP contribution in [0.4, 0.5) is 5.69 Å². The zero-order chi connectivity index (χ0) is 14.9. The van der Waals surface area contributed by atoms with E-state index in [4.69, 9.17) is 4.74 Å². The van der Waals surface area contributed by atoms with Gasteiger partial charge in [-0.2, -0.15) is 0 Å². The van der Waals surface area contributed by atoms with Crippen molar-refractivity contribution in [1.82, 2.24) is 10.2 Å². The molecule has 0 atom stereocenters. The van der Waals surface area contributed by atoms with Crippen LogP contribution in [0.15, 0.2) is 28.7 Å². The topological polar surface area (TPSA) is 53.6 Å². The van der Waals surface area contributed by atoms with Crippen molar-refractivity contribution in [1.29, 1.82) is 0 Å². The zero-order valence-corrected chi connectivity index (χ0v) is 13.7. The SMILES string of the molecule is O=C(CNCCCN1CCOCC1)Nc1ccc(Br)cc1. The Hall–Kier alpha value is -0.950. The molecule has 0 saturated carbocycles. The van der Waals surface area contributed by atoms with Gasteiger partial charge in [0, 0.05) is 23.2 Å². The minimum absolute atomic E-state index is 0.0105. The average molecular weight is 356 g/mol. The number of nitrogens with zero attached hydrogens (tertiary/aromatic N) is 1. The summed E-state index contributed by atoms with van der Waals surface area (Å²) in [5.41, 5.74) is 0.818. The number of anilines is 1. The number of hydrogen-bond donors (Lipinski definition) is 2. The molecule has 2 N–H and O–H groups in total. The van der Waals surface area contributed by atoms with Crippen LogP contribution in [0.1, 0.15) is 6.42 Å². The van der Waals surface area contributed by atoms with Gasteiger partial charge < -0.3 is 15.4 Å². The molecule has 0 unspecified atom stereocenters. The highest BCUT2D eigenvalue weighted by Crippen LogP contribution is 2.13. The van der Waals surface area contributed by atoms with Crippen molar-refractivity contribution in [2.24, 2.45) is 0 Å². The zero-order valence-electron chi connectivity index (χ0n) is 12.1. The van der Waals surface area contributed by atoms with Crippen molar-refractivity contribution in [3.63, 3.8) is 0 Å². The van der Waals surface area contributed by atoms with Crippen LogP contribution in [0.2, 0.25) is 0 Å². The van der Waals surface area contributed by atoms with E-state index in [2.05, 4.69) is 31.5 Å². The Morgan fingerprint density at radius 3 is 2.67 bits per heavy atom. The molecule has 1 fully saturated rings. The summed E-state index contributed by atoms with van der Waals surface area (Å²) in [6.45, 7) is 5.97. The molecule has 1 amide bonds. The first kappa shape index (κ1) is 16.4. The minimum atomic E-state index is -0.0105. The number of ether oxygens (including phenoxy) is 1. The summed E-state index contributed by atoms with van der Waals surface area (Å²) in [6, 6.07) is 7.57. The van der Waals surface area contributed by atoms with Gasteiger partial charge in [-0.1, -0.05) is 15.9 Å². The average Bonchev–Trinajstić information content (AvgIpc) is 2.50. The highest BCUT2D eigenvalue weighted by Gasteiger charge is 2.09. The first-order valence-corrected chi connectivity index (χ1v) is 8.09. The van der Waals surface area contributed by atoms with Crippen LogP contribution in [-0.2, 0) is 9.53 Å². The van der Waals surface area contributed by atoms with Crippen molar-refractivity contribution in [3.8, 4) is 0 Å². The third-order valence-corrected chi connectivity index (χ3v) is 3.87. The smallest absolute Gasteiger partial charge is 0.238 e. The fourth-order valence-corrected chi connectivity index (χ4v) is 2.46. The second-order valence-corrected chi connectivity index (χ2v) is 5.96. The Labute approximate surface area is 134 Å². The van der Waals surface area contributed by atoms with Gasteiger partial charge in [0.15, 0.2) is 0 Å². The van der Waals surface area contributed by atoms with Gasteiger partial charge in [-0.25, -0.2) is 0 Å². The molecule has 0 bridgehead atoms. The maximum atomic E-state index is 11.7. The Morgan fingerprint density at radius 1 is 1.24 bits per heavy atom. The monoisotopic (exact) mass is 355 g/mol. The normalized spacial score (nSPS) is 15.9. The van der Waals surface area contributed by atoms with Crippen molar-refractivity contribution >= 4 is 27.5 Å². The molecule has 1 aromatic rings. The molecule has 1 heterocycles. The summed E-state index contributed by atoms with van der Waals surface area (Å²) < 4.78 is 6.31. The van der Waals surface area contributed by atoms with E-state index in [1.165, 1.54) is 0 Å². The number of nitrogens with one attached hydrogen (secondary N) is 2. The van der Waals surface area contributed by atoms with Gasteiger partial charge in [-0.3, -0.25) is 9.69 Å². The van der Waals surface area contributed by atoms with E-state index in [9.17, 15) is 4.79 Å². The van der Waals surface area contributed by atoms with Crippen LogP contribution < -0.4 is 10.6 Å². The van der Waals surface area contributed by atoms with Crippen molar-refractivity contribution < 1.29 is 9.53 Å². The number of hydrogen-bond acceptors (Lipinski definition) is 4. The lowest BCUT2D eigenvalue weighted by Crippen LogP contribution is -2.38. The summed E-state index contributed by atoms with van der Waals surface area (Å²) in [5.74, 6) is -0.0105. The molecule has 1 aromatic carbocycles. The first-order chi connectivity index (χ1) is 10.2. The molecule has 5 nitrogen and oxygen atoms in total. The number of carbonyl (C=O) groups excluding carboxylic acids is 1. The lowest BCUT2D eigenvalue weighted by atomic mass is 10.3. The number of carbonyl (C=O) groups is 1. The molecule has 1 aliphatic heterocycles. The van der Waals surface area contributed by atoms with Crippen molar-refractivity contribution in [2.45, 2.75) is 6.42 Å². The number of morpholine rings is 1. The van der Waals surface area contributed by atoms with Gasteiger partial charge in [-0.05, 0) is 43.8 Å². The second-order valence-electron chi connectivity index (χ2n) is 5.04. The van der Waals surface area contributed by atoms with Crippen LogP contribution in [0.3, 0.4) is 0 Å². The molecule has 6 heteroatoms. The van der Waals surface area contributed by atoms with Crippen LogP contribution >= 0.6 is 15.9 Å². The molecule has 1 saturated heterocycles. The quantitative estimate of drug-likeness (QED) is 0.731. The van der Waals surface area contributed by atoms with E-state index in [0.717, 1.165) is 56.0 Å². The summed E-state index contributed by atoms with van der Waals surface area (Å²) in [5, 5.41) is 6.04. The van der Waals surface area contributed by atoms with Gasteiger partial charge in [0.1, 0.15) is 0 Å². The van der Waals surface area contributed by atoms with Gasteiger partial charge in [0.2, 0.25) is 5.91 Å². The Balaban J connectivity index is 1.53. The van der Waals surface area contributed by atoms with Gasteiger partial charge in [-0.15, -0.1) is 0 Å². The summed E-state index contributed by atoms with van der Waals surface area (Å²) in [4.78, 5) is 14.1. The van der Waals surface area contributed by atoms with Crippen molar-refractivity contribution in [2.75, 3.05) is 51.3 Å². The van der Waals surface area contributed by atoms with Crippen LogP contribution in [0, 0.1) is 0 Å². The molecule has 0 radical (unpaired) electrons. The van der Waals surface area contributed by atoms with Crippen molar-refractivity contribution in [3.05, 3.63) is 28.7 Å². The summed E-state index contributed by atoms with van der Waals surface area (Å²) in [6.07, 6.45) is 1.05. The molecule has 2 rings (SSSR count). The van der Waals surface area contributed by atoms with E-state index in [0.29, 0.717) is 6.54 Å². The fraction of sp³-hybridized carbons (Fsp3) is 0.533. The molecule has 0 spiro atoms. The Morgan fingerprint density at radius 2 is 1.95 bits per heavy atom. The molecule has 116 valence electrons. The molecule has 21 heavy (non-hydrogen) atoms. The fourth-order valence-electron chi connectivity index (χ4n) is 2.19. The second kappa shape index (κ2) is 9.15. The molecule has 0 aliphatic carbocycles. The van der Waals surface area contributed by atoms with E-state index >= 15 is 0 Å². The van der Waals surface area contributed by atoms with Crippen LogP contribution in [0.5, 0.6) is 0 Å². The third-order valence-electron chi connectivity index (χ3n) is 3.35. The lowest BCUT2D eigenvalue weighted by Gasteiger charge is -2.26. The lowest BCUT2D eigenvalue weighted by molar-refractivity contribution is -0.115. The standard InChI is InChI=1S/C15H22BrN3O2/c16-13-2-4-14(5-3-13)18-15(20)12-17-6-1-7-19-8-10-21-11-9-19/h2-5,17H,1,6-12H2,(H,18,20). The van der Waals surface area contributed by atoms with Gasteiger partial charge >= 0.3 is 0 Å². The third kappa shape index (κ3) is 6.56. The first-order valence-electron chi connectivity index (χ1n) is 7.30. The maximum Gasteiger partial charge on any atom is 0.238 e. The van der Waals surface area contributed by atoms with Crippen LogP contribution in [0.25, 0.3) is 0 Å². The van der Waals surface area contributed by atoms with Gasteiger partial charge in [0.25, 0.3) is 0 Å². The highest BCUT2D eigenvalue weighted by molar-refractivity contribution is 9.10. The van der Waals surface area contributed by atoms with E-state index in [1.807, 2.05) is 24.3 Å².